The SMILES string of the molecule is CO[Si](C)(O[SiH](C)C)C1CC2CCC1C2. The summed E-state index contributed by atoms with van der Waals surface area (Å²) < 4.78 is 12.1. The normalized spacial score (nSPS) is 38.6. The van der Waals surface area contributed by atoms with E-state index < -0.39 is 17.6 Å². The Morgan fingerprint density at radius 1 is 1.20 bits per heavy atom. The molecule has 4 heteroatoms. The van der Waals surface area contributed by atoms with Gasteiger partial charge < -0.3 is 8.54 Å². The molecule has 2 nitrogen and oxygen atoms in total. The minimum Gasteiger partial charge on any atom is -0.439 e. The molecule has 4 atom stereocenters. The zero-order valence-electron chi connectivity index (χ0n) is 10.5. The van der Waals surface area contributed by atoms with Crippen molar-refractivity contribution in [3.8, 4) is 0 Å². The second-order valence-electron chi connectivity index (χ2n) is 5.67. The van der Waals surface area contributed by atoms with E-state index in [9.17, 15) is 0 Å². The molecule has 0 heterocycles. The van der Waals surface area contributed by atoms with Crippen LogP contribution in [0.1, 0.15) is 25.7 Å². The van der Waals surface area contributed by atoms with Crippen molar-refractivity contribution < 1.29 is 8.54 Å². The van der Waals surface area contributed by atoms with Crippen LogP contribution in [0.2, 0.25) is 25.2 Å². The van der Waals surface area contributed by atoms with Gasteiger partial charge in [-0.25, -0.2) is 0 Å². The first kappa shape index (κ1) is 11.8. The molecule has 2 rings (SSSR count). The Labute approximate surface area is 96.3 Å². The van der Waals surface area contributed by atoms with Crippen molar-refractivity contribution in [2.24, 2.45) is 11.8 Å². The Morgan fingerprint density at radius 3 is 2.33 bits per heavy atom. The van der Waals surface area contributed by atoms with Crippen molar-refractivity contribution in [3.63, 3.8) is 0 Å². The van der Waals surface area contributed by atoms with E-state index in [1.165, 1.54) is 25.7 Å². The molecule has 2 saturated carbocycles. The first-order chi connectivity index (χ1) is 7.05. The maximum absolute atomic E-state index is 6.28. The highest BCUT2D eigenvalue weighted by atomic mass is 28.4. The highest BCUT2D eigenvalue weighted by Gasteiger charge is 2.52. The largest absolute Gasteiger partial charge is 0.439 e. The summed E-state index contributed by atoms with van der Waals surface area (Å²) in [5.41, 5.74) is 0.788. The standard InChI is InChI=1S/C11H24O2Si2/c1-12-15(4,13-14(2)3)11-8-9-5-6-10(11)7-9/h9-11,14H,5-8H2,1-4H3. The summed E-state index contributed by atoms with van der Waals surface area (Å²) in [4.78, 5) is 0. The fourth-order valence-electron chi connectivity index (χ4n) is 3.64. The molecule has 0 aromatic carbocycles. The van der Waals surface area contributed by atoms with Gasteiger partial charge in [0.25, 0.3) is 0 Å². The number of fused-ring (bicyclic) bond motifs is 2. The maximum atomic E-state index is 6.28. The third kappa shape index (κ3) is 2.23. The van der Waals surface area contributed by atoms with Gasteiger partial charge in [0.05, 0.1) is 0 Å². The molecule has 2 aliphatic rings. The Kier molecular flexibility index (Phi) is 3.40. The number of hydrogen-bond donors (Lipinski definition) is 0. The van der Waals surface area contributed by atoms with Gasteiger partial charge in [0.1, 0.15) is 0 Å². The third-order valence-electron chi connectivity index (χ3n) is 4.29. The third-order valence-corrected chi connectivity index (χ3v) is 10.9. The second kappa shape index (κ2) is 4.32. The zero-order valence-corrected chi connectivity index (χ0v) is 12.6. The van der Waals surface area contributed by atoms with Crippen LogP contribution in [0.25, 0.3) is 0 Å². The minimum atomic E-state index is -1.85. The molecule has 2 aliphatic carbocycles. The van der Waals surface area contributed by atoms with Crippen molar-refractivity contribution in [1.82, 2.24) is 0 Å². The van der Waals surface area contributed by atoms with E-state index in [1.54, 1.807) is 0 Å². The molecule has 0 amide bonds. The van der Waals surface area contributed by atoms with Crippen molar-refractivity contribution >= 4 is 17.6 Å². The summed E-state index contributed by atoms with van der Waals surface area (Å²) >= 11 is 0. The van der Waals surface area contributed by atoms with Gasteiger partial charge in [-0.2, -0.15) is 0 Å². The first-order valence-electron chi connectivity index (χ1n) is 6.28. The van der Waals surface area contributed by atoms with Crippen LogP contribution in [0.3, 0.4) is 0 Å². The lowest BCUT2D eigenvalue weighted by Gasteiger charge is -2.37. The molecule has 0 aromatic heterocycles. The van der Waals surface area contributed by atoms with Crippen molar-refractivity contribution in [3.05, 3.63) is 0 Å². The smallest absolute Gasteiger partial charge is 0.327 e. The van der Waals surface area contributed by atoms with Gasteiger partial charge >= 0.3 is 8.56 Å². The molecule has 0 spiro atoms. The predicted octanol–water partition coefficient (Wildman–Crippen LogP) is 2.90. The number of hydrogen-bond acceptors (Lipinski definition) is 2. The van der Waals surface area contributed by atoms with E-state index >= 15 is 0 Å². The Hall–Kier alpha value is 0.354. The van der Waals surface area contributed by atoms with Gasteiger partial charge in [0.15, 0.2) is 9.04 Å². The van der Waals surface area contributed by atoms with E-state index in [4.69, 9.17) is 8.54 Å². The highest BCUT2D eigenvalue weighted by molar-refractivity contribution is 6.75. The minimum absolute atomic E-state index is 0.788. The number of rotatable bonds is 4. The van der Waals surface area contributed by atoms with Crippen LogP contribution < -0.4 is 0 Å². The van der Waals surface area contributed by atoms with Crippen LogP contribution in [0.5, 0.6) is 0 Å². The molecule has 2 fully saturated rings. The van der Waals surface area contributed by atoms with Crippen molar-refractivity contribution in [2.45, 2.75) is 50.9 Å². The van der Waals surface area contributed by atoms with E-state index in [1.807, 2.05) is 7.11 Å². The van der Waals surface area contributed by atoms with Gasteiger partial charge in [-0.3, -0.25) is 0 Å². The summed E-state index contributed by atoms with van der Waals surface area (Å²) in [5, 5.41) is 0. The average Bonchev–Trinajstić information content (AvgIpc) is 2.77. The van der Waals surface area contributed by atoms with E-state index in [2.05, 4.69) is 19.6 Å². The van der Waals surface area contributed by atoms with Gasteiger partial charge in [0, 0.05) is 12.7 Å². The van der Waals surface area contributed by atoms with Gasteiger partial charge in [-0.1, -0.05) is 12.8 Å². The lowest BCUT2D eigenvalue weighted by Crippen LogP contribution is -2.47. The molecule has 0 N–H and O–H groups in total. The lowest BCUT2D eigenvalue weighted by molar-refractivity contribution is 0.269. The molecule has 2 bridgehead atoms. The van der Waals surface area contributed by atoms with E-state index in [0.717, 1.165) is 17.4 Å². The maximum Gasteiger partial charge on any atom is 0.327 e. The van der Waals surface area contributed by atoms with Crippen LogP contribution in [0.4, 0.5) is 0 Å². The summed E-state index contributed by atoms with van der Waals surface area (Å²) in [5.74, 6) is 1.93. The molecule has 0 aromatic rings. The molecule has 0 radical (unpaired) electrons. The fraction of sp³-hybridized carbons (Fsp3) is 1.00. The second-order valence-corrected chi connectivity index (χ2v) is 11.9. The summed E-state index contributed by atoms with van der Waals surface area (Å²) in [6, 6.07) is 0. The monoisotopic (exact) mass is 244 g/mol. The van der Waals surface area contributed by atoms with Gasteiger partial charge in [-0.05, 0) is 44.3 Å². The first-order valence-corrected chi connectivity index (χ1v) is 11.5. The molecule has 0 saturated heterocycles. The molecule has 4 unspecified atom stereocenters. The van der Waals surface area contributed by atoms with E-state index in [-0.39, 0.29) is 0 Å². The molecule has 15 heavy (non-hydrogen) atoms. The van der Waals surface area contributed by atoms with Gasteiger partial charge in [0.2, 0.25) is 0 Å². The predicted molar refractivity (Wildman–Crippen MR) is 67.8 cm³/mol. The zero-order chi connectivity index (χ0) is 11.1. The summed E-state index contributed by atoms with van der Waals surface area (Å²) in [6.45, 7) is 6.82. The van der Waals surface area contributed by atoms with Gasteiger partial charge in [-0.15, -0.1) is 0 Å². The van der Waals surface area contributed by atoms with E-state index in [0.29, 0.717) is 0 Å². The van der Waals surface area contributed by atoms with Crippen molar-refractivity contribution in [1.29, 1.82) is 0 Å². The van der Waals surface area contributed by atoms with Crippen LogP contribution in [0, 0.1) is 11.8 Å². The average molecular weight is 244 g/mol. The van der Waals surface area contributed by atoms with Crippen LogP contribution in [-0.2, 0) is 8.54 Å². The van der Waals surface area contributed by atoms with Crippen molar-refractivity contribution in [2.75, 3.05) is 7.11 Å². The highest BCUT2D eigenvalue weighted by Crippen LogP contribution is 2.55. The molecule has 0 aliphatic heterocycles. The Morgan fingerprint density at radius 2 is 1.93 bits per heavy atom. The summed E-state index contributed by atoms with van der Waals surface area (Å²) in [7, 11) is -0.931. The fourth-order valence-corrected chi connectivity index (χ4v) is 10.7. The molecular formula is C11H24O2Si2. The van der Waals surface area contributed by atoms with Crippen LogP contribution >= 0.6 is 0 Å². The van der Waals surface area contributed by atoms with Crippen LogP contribution in [0.15, 0.2) is 0 Å². The quantitative estimate of drug-likeness (QED) is 0.708. The Balaban J connectivity index is 2.06. The van der Waals surface area contributed by atoms with Crippen LogP contribution in [-0.4, -0.2) is 24.7 Å². The molecule has 88 valence electrons. The molecular weight excluding hydrogens is 220 g/mol. The summed E-state index contributed by atoms with van der Waals surface area (Å²) in [6.07, 6.45) is 5.75. The topological polar surface area (TPSA) is 18.5 Å². The lowest BCUT2D eigenvalue weighted by atomic mass is 10.0. The Bertz CT molecular complexity index is 235.